The van der Waals surface area contributed by atoms with Gasteiger partial charge in [-0.05, 0) is 17.8 Å². The molecule has 0 aliphatic heterocycles. The number of benzene rings is 1. The molecule has 1 rings (SSSR count). The summed E-state index contributed by atoms with van der Waals surface area (Å²) in [7, 11) is -4.22. The normalized spacial score (nSPS) is 12.3. The second-order valence-corrected chi connectivity index (χ2v) is 6.57. The molecule has 0 saturated carbocycles. The highest BCUT2D eigenvalue weighted by molar-refractivity contribution is 8.00. The molecule has 0 bridgehead atoms. The van der Waals surface area contributed by atoms with Crippen LogP contribution < -0.4 is 10.5 Å². The van der Waals surface area contributed by atoms with E-state index in [1.807, 2.05) is 4.72 Å². The molecule has 1 aromatic rings. The minimum absolute atomic E-state index is 0.239. The van der Waals surface area contributed by atoms with E-state index >= 15 is 0 Å². The third kappa shape index (κ3) is 5.40. The van der Waals surface area contributed by atoms with E-state index in [-0.39, 0.29) is 17.4 Å². The molecule has 0 atom stereocenters. The van der Waals surface area contributed by atoms with Gasteiger partial charge >= 0.3 is 5.51 Å². The van der Waals surface area contributed by atoms with Crippen LogP contribution in [0.1, 0.15) is 0 Å². The van der Waals surface area contributed by atoms with Crippen molar-refractivity contribution < 1.29 is 26.5 Å². The van der Waals surface area contributed by atoms with Crippen molar-refractivity contribution in [2.24, 2.45) is 0 Å². The number of hydrogen-bond donors (Lipinski definition) is 2. The molecule has 1 aromatic carbocycles. The largest absolute Gasteiger partial charge is 0.441 e. The fraction of sp³-hybridized carbons (Fsp3) is 0.333. The van der Waals surface area contributed by atoms with Crippen molar-refractivity contribution in [3.05, 3.63) is 28.3 Å². The number of nitrogens with two attached hydrogens (primary N) is 1. The lowest BCUT2D eigenvalue weighted by molar-refractivity contribution is -0.385. The molecular formula is C9H10F3N3O4S2. The molecule has 7 nitrogen and oxygen atoms in total. The number of nitrogens with zero attached hydrogens (tertiary/aromatic N) is 1. The van der Waals surface area contributed by atoms with Crippen LogP contribution in [0.2, 0.25) is 0 Å². The summed E-state index contributed by atoms with van der Waals surface area (Å²) in [6.45, 7) is -0.491. The predicted octanol–water partition coefficient (Wildman–Crippen LogP) is 1.71. The van der Waals surface area contributed by atoms with E-state index in [2.05, 4.69) is 0 Å². The summed E-state index contributed by atoms with van der Waals surface area (Å²) in [5, 5.41) is 10.6. The second-order valence-electron chi connectivity index (χ2n) is 3.67. The number of thioether (sulfide) groups is 1. The Morgan fingerprint density at radius 2 is 2.00 bits per heavy atom. The van der Waals surface area contributed by atoms with Gasteiger partial charge in [0.25, 0.3) is 5.69 Å². The molecule has 0 aliphatic carbocycles. The Morgan fingerprint density at radius 1 is 1.38 bits per heavy atom. The van der Waals surface area contributed by atoms with E-state index in [4.69, 9.17) is 5.73 Å². The van der Waals surface area contributed by atoms with Crippen LogP contribution in [0.5, 0.6) is 0 Å². The summed E-state index contributed by atoms with van der Waals surface area (Å²) >= 11 is -0.385. The van der Waals surface area contributed by atoms with Crippen LogP contribution in [-0.2, 0) is 10.0 Å². The van der Waals surface area contributed by atoms with Gasteiger partial charge in [0.1, 0.15) is 4.90 Å². The minimum Gasteiger partial charge on any atom is -0.398 e. The first-order chi connectivity index (χ1) is 9.53. The molecule has 0 fully saturated rings. The van der Waals surface area contributed by atoms with Gasteiger partial charge in [-0.1, -0.05) is 0 Å². The van der Waals surface area contributed by atoms with Gasteiger partial charge in [0.05, 0.1) is 10.6 Å². The van der Waals surface area contributed by atoms with Crippen LogP contribution in [0.3, 0.4) is 0 Å². The van der Waals surface area contributed by atoms with E-state index in [0.717, 1.165) is 18.2 Å². The lowest BCUT2D eigenvalue weighted by Gasteiger charge is -2.09. The second kappa shape index (κ2) is 6.49. The van der Waals surface area contributed by atoms with Crippen LogP contribution >= 0.6 is 11.8 Å². The smallest absolute Gasteiger partial charge is 0.398 e. The van der Waals surface area contributed by atoms with Gasteiger partial charge in [0.15, 0.2) is 0 Å². The first kappa shape index (κ1) is 17.5. The summed E-state index contributed by atoms with van der Waals surface area (Å²) in [6.07, 6.45) is 0. The van der Waals surface area contributed by atoms with Crippen molar-refractivity contribution in [1.29, 1.82) is 0 Å². The van der Waals surface area contributed by atoms with Crippen molar-refractivity contribution in [3.8, 4) is 0 Å². The number of anilines is 1. The molecular weight excluding hydrogens is 335 g/mol. The van der Waals surface area contributed by atoms with Crippen LogP contribution in [0.15, 0.2) is 23.1 Å². The van der Waals surface area contributed by atoms with Gasteiger partial charge in [-0.15, -0.1) is 0 Å². The maximum Gasteiger partial charge on any atom is 0.441 e. The lowest BCUT2D eigenvalue weighted by Crippen LogP contribution is -2.27. The summed E-state index contributed by atoms with van der Waals surface area (Å²) in [5.74, 6) is -0.530. The fourth-order valence-corrected chi connectivity index (χ4v) is 3.04. The monoisotopic (exact) mass is 345 g/mol. The summed E-state index contributed by atoms with van der Waals surface area (Å²) in [6, 6.07) is 2.81. The number of nitro benzene ring substituents is 1. The van der Waals surface area contributed by atoms with Crippen molar-refractivity contribution >= 4 is 33.2 Å². The molecule has 3 N–H and O–H groups in total. The average molecular weight is 345 g/mol. The Hall–Kier alpha value is -1.53. The quantitative estimate of drug-likeness (QED) is 0.351. The van der Waals surface area contributed by atoms with Gasteiger partial charge in [0.2, 0.25) is 10.0 Å². The zero-order chi connectivity index (χ0) is 16.3. The molecule has 0 spiro atoms. The number of sulfonamides is 1. The molecule has 0 amide bonds. The Kier molecular flexibility index (Phi) is 5.42. The standard InChI is InChI=1S/C9H10F3N3O4S2/c10-9(11,12)20-4-3-14-21(18,19)8-5-6(15(16)17)1-2-7(8)13/h1-2,5,14H,3-4,13H2. The van der Waals surface area contributed by atoms with Gasteiger partial charge < -0.3 is 5.73 Å². The highest BCUT2D eigenvalue weighted by Gasteiger charge is 2.28. The number of nitrogens with one attached hydrogen (secondary N) is 1. The maximum atomic E-state index is 11.9. The summed E-state index contributed by atoms with van der Waals surface area (Å²) in [4.78, 5) is 9.23. The topological polar surface area (TPSA) is 115 Å². The molecule has 0 saturated heterocycles. The van der Waals surface area contributed by atoms with Crippen molar-refractivity contribution in [2.45, 2.75) is 10.4 Å². The number of alkyl halides is 3. The first-order valence-corrected chi connectivity index (χ1v) is 7.74. The number of nitro groups is 1. The molecule has 0 heterocycles. The van der Waals surface area contributed by atoms with Gasteiger partial charge in [-0.2, -0.15) is 13.2 Å². The number of rotatable bonds is 6. The molecule has 0 radical (unpaired) electrons. The number of halogens is 3. The van der Waals surface area contributed by atoms with Crippen LogP contribution in [0, 0.1) is 10.1 Å². The third-order valence-electron chi connectivity index (χ3n) is 2.16. The van der Waals surface area contributed by atoms with Crippen LogP contribution in [0.25, 0.3) is 0 Å². The van der Waals surface area contributed by atoms with Gasteiger partial charge in [-0.3, -0.25) is 10.1 Å². The van der Waals surface area contributed by atoms with Crippen LogP contribution in [-0.4, -0.2) is 31.1 Å². The van der Waals surface area contributed by atoms with Gasteiger partial charge in [-0.25, -0.2) is 13.1 Å². The van der Waals surface area contributed by atoms with E-state index in [1.54, 1.807) is 0 Å². The number of non-ortho nitro benzene ring substituents is 1. The van der Waals surface area contributed by atoms with E-state index < -0.39 is 43.3 Å². The lowest BCUT2D eigenvalue weighted by atomic mass is 10.3. The SMILES string of the molecule is Nc1ccc([N+](=O)[O-])cc1S(=O)(=O)NCCSC(F)(F)F. The maximum absolute atomic E-state index is 11.9. The van der Waals surface area contributed by atoms with E-state index in [0.29, 0.717) is 0 Å². The zero-order valence-electron chi connectivity index (χ0n) is 10.3. The summed E-state index contributed by atoms with van der Waals surface area (Å²) in [5.41, 5.74) is 0.229. The molecule has 21 heavy (non-hydrogen) atoms. The molecule has 0 aliphatic rings. The highest BCUT2D eigenvalue weighted by Crippen LogP contribution is 2.29. The fourth-order valence-electron chi connectivity index (χ4n) is 1.29. The average Bonchev–Trinajstić information content (AvgIpc) is 2.33. The van der Waals surface area contributed by atoms with Crippen molar-refractivity contribution in [2.75, 3.05) is 18.0 Å². The highest BCUT2D eigenvalue weighted by atomic mass is 32.2. The molecule has 118 valence electrons. The summed E-state index contributed by atoms with van der Waals surface area (Å²) < 4.78 is 61.3. The Morgan fingerprint density at radius 3 is 2.52 bits per heavy atom. The third-order valence-corrected chi connectivity index (χ3v) is 4.41. The van der Waals surface area contributed by atoms with E-state index in [9.17, 15) is 31.7 Å². The predicted molar refractivity (Wildman–Crippen MR) is 71.2 cm³/mol. The van der Waals surface area contributed by atoms with Crippen LogP contribution in [0.4, 0.5) is 24.5 Å². The first-order valence-electron chi connectivity index (χ1n) is 5.27. The van der Waals surface area contributed by atoms with Gasteiger partial charge in [0, 0.05) is 24.4 Å². The molecule has 0 unspecified atom stereocenters. The Labute approximate surface area is 121 Å². The minimum atomic E-state index is -4.46. The number of nitrogen functional groups attached to an aromatic ring is 1. The molecule has 0 aromatic heterocycles. The van der Waals surface area contributed by atoms with Crippen molar-refractivity contribution in [3.63, 3.8) is 0 Å². The zero-order valence-corrected chi connectivity index (χ0v) is 11.9. The molecule has 12 heteroatoms. The number of hydrogen-bond acceptors (Lipinski definition) is 6. The van der Waals surface area contributed by atoms with Crippen molar-refractivity contribution in [1.82, 2.24) is 4.72 Å². The Balaban J connectivity index is 2.83. The Bertz CT molecular complexity index is 634. The van der Waals surface area contributed by atoms with E-state index in [1.165, 1.54) is 0 Å².